The number of carbonyl (C=O) groups excluding carboxylic acids is 5. The Morgan fingerprint density at radius 1 is 0.981 bits per heavy atom. The van der Waals surface area contributed by atoms with Gasteiger partial charge in [0.2, 0.25) is 23.5 Å². The molecule has 3 aliphatic carbocycles. The van der Waals surface area contributed by atoms with Crippen LogP contribution in [0.4, 0.5) is 0 Å². The SMILES string of the molecule is CC(C)(C)[C@H](NC(=O)CC1CCCCC1)C(=O)N1C[C@@]2(C=C(c3cc(Cl)c4c(c3)CCO4)NO2)C[C@H]1C(=O)NC(CC1CCC1)C(=O)C(=O)NC1CC1. The molecule has 7 rings (SSSR count). The van der Waals surface area contributed by atoms with Crippen molar-refractivity contribution in [3.8, 4) is 5.75 Å². The van der Waals surface area contributed by atoms with Crippen molar-refractivity contribution < 1.29 is 33.5 Å². The van der Waals surface area contributed by atoms with Gasteiger partial charge in [0.15, 0.2) is 0 Å². The summed E-state index contributed by atoms with van der Waals surface area (Å²) < 4.78 is 5.69. The maximum Gasteiger partial charge on any atom is 0.289 e. The summed E-state index contributed by atoms with van der Waals surface area (Å²) in [5.74, 6) is -1.26. The van der Waals surface area contributed by atoms with Crippen LogP contribution in [-0.2, 0) is 35.2 Å². The van der Waals surface area contributed by atoms with Crippen molar-refractivity contribution in [2.75, 3.05) is 13.2 Å². The zero-order valence-electron chi connectivity index (χ0n) is 31.2. The minimum Gasteiger partial charge on any atom is -0.491 e. The lowest BCUT2D eigenvalue weighted by atomic mass is 9.80. The number of Topliss-reactive ketones (excluding diaryl/α,β-unsaturated/α-hetero) is 1. The van der Waals surface area contributed by atoms with E-state index in [2.05, 4.69) is 21.4 Å². The van der Waals surface area contributed by atoms with Crippen molar-refractivity contribution in [1.82, 2.24) is 26.3 Å². The van der Waals surface area contributed by atoms with Gasteiger partial charge in [-0.3, -0.25) is 34.3 Å². The average Bonchev–Trinajstić information content (AvgIpc) is 3.46. The van der Waals surface area contributed by atoms with Crippen LogP contribution in [-0.4, -0.2) is 77.2 Å². The summed E-state index contributed by atoms with van der Waals surface area (Å²) >= 11 is 6.58. The highest BCUT2D eigenvalue weighted by Crippen LogP contribution is 2.42. The van der Waals surface area contributed by atoms with Gasteiger partial charge in [0.05, 0.1) is 29.9 Å². The van der Waals surface area contributed by atoms with Crippen LogP contribution < -0.4 is 26.2 Å². The number of nitrogens with zero attached hydrogens (tertiary/aromatic N) is 1. The number of benzene rings is 1. The van der Waals surface area contributed by atoms with E-state index in [1.165, 1.54) is 11.3 Å². The van der Waals surface area contributed by atoms with Crippen molar-refractivity contribution in [3.63, 3.8) is 0 Å². The van der Waals surface area contributed by atoms with Gasteiger partial charge in [-0.05, 0) is 73.1 Å². The third-order valence-corrected chi connectivity index (χ3v) is 12.2. The van der Waals surface area contributed by atoms with Crippen molar-refractivity contribution >= 4 is 46.7 Å². The summed E-state index contributed by atoms with van der Waals surface area (Å²) in [5.41, 5.74) is 3.68. The molecule has 53 heavy (non-hydrogen) atoms. The molecule has 0 bridgehead atoms. The summed E-state index contributed by atoms with van der Waals surface area (Å²) in [7, 11) is 0. The molecule has 0 aromatic heterocycles. The van der Waals surface area contributed by atoms with Gasteiger partial charge in [0, 0.05) is 30.9 Å². The number of likely N-dealkylation sites (tertiary alicyclic amines) is 1. The van der Waals surface area contributed by atoms with Crippen molar-refractivity contribution in [1.29, 1.82) is 0 Å². The van der Waals surface area contributed by atoms with E-state index in [-0.39, 0.29) is 36.8 Å². The Balaban J connectivity index is 1.16. The van der Waals surface area contributed by atoms with Crippen molar-refractivity contribution in [2.45, 2.75) is 140 Å². The summed E-state index contributed by atoms with van der Waals surface area (Å²) in [4.78, 5) is 76.9. The van der Waals surface area contributed by atoms with E-state index >= 15 is 0 Å². The van der Waals surface area contributed by atoms with Gasteiger partial charge in [-0.1, -0.05) is 70.9 Å². The van der Waals surface area contributed by atoms with Crippen LogP contribution >= 0.6 is 11.6 Å². The van der Waals surface area contributed by atoms with Gasteiger partial charge < -0.3 is 25.6 Å². The molecule has 1 aromatic carbocycles. The van der Waals surface area contributed by atoms with E-state index in [9.17, 15) is 24.0 Å². The lowest BCUT2D eigenvalue weighted by Crippen LogP contribution is -2.59. The standard InChI is InChI=1S/C40H54ClN5O7/c1-39(2,3)35(44-32(47)17-24-8-5-4-6-9-24)38(51)46-22-40(20-30(45-53-40)26-18-25-14-15-52-34(25)28(41)19-26)21-31(46)36(49)43-29(16-23-10-7-11-23)33(48)37(50)42-27-12-13-27/h18-20,23-24,27,29,31,35,45H,4-17,21-22H2,1-3H3,(H,42,50)(H,43,49)(H,44,47)/t29?,31-,35+,40+/m0/s1. The Bertz CT molecular complexity index is 1660. The number of hydrogen-bond donors (Lipinski definition) is 4. The number of amides is 4. The Labute approximate surface area is 316 Å². The van der Waals surface area contributed by atoms with E-state index in [1.807, 2.05) is 32.9 Å². The summed E-state index contributed by atoms with van der Waals surface area (Å²) in [6.07, 6.45) is 13.4. The fourth-order valence-electron chi connectivity index (χ4n) is 8.47. The fourth-order valence-corrected chi connectivity index (χ4v) is 8.77. The Morgan fingerprint density at radius 2 is 1.72 bits per heavy atom. The second-order valence-corrected chi connectivity index (χ2v) is 17.7. The second-order valence-electron chi connectivity index (χ2n) is 17.3. The van der Waals surface area contributed by atoms with Crippen LogP contribution in [0, 0.1) is 17.3 Å². The molecule has 13 heteroatoms. The number of nitrogens with one attached hydrogen (secondary N) is 4. The van der Waals surface area contributed by atoms with E-state index in [1.54, 1.807) is 6.07 Å². The summed E-state index contributed by atoms with van der Waals surface area (Å²) in [6.45, 7) is 6.27. The highest BCUT2D eigenvalue weighted by atomic mass is 35.5. The van der Waals surface area contributed by atoms with Crippen LogP contribution in [0.25, 0.3) is 5.70 Å². The number of halogens is 1. The van der Waals surface area contributed by atoms with Crippen molar-refractivity contribution in [2.24, 2.45) is 17.3 Å². The highest BCUT2D eigenvalue weighted by Gasteiger charge is 2.54. The number of ether oxygens (including phenoxy) is 1. The predicted molar refractivity (Wildman–Crippen MR) is 198 cm³/mol. The summed E-state index contributed by atoms with van der Waals surface area (Å²) in [5, 5.41) is 9.24. The minimum atomic E-state index is -1.10. The summed E-state index contributed by atoms with van der Waals surface area (Å²) in [6, 6.07) is 0.819. The molecule has 6 aliphatic rings. The molecule has 4 fully saturated rings. The first-order valence-corrected chi connectivity index (χ1v) is 20.0. The first kappa shape index (κ1) is 37.7. The number of hydroxylamine groups is 1. The third-order valence-electron chi connectivity index (χ3n) is 11.9. The molecule has 4 atom stereocenters. The van der Waals surface area contributed by atoms with Gasteiger partial charge in [-0.2, -0.15) is 0 Å². The average molecular weight is 752 g/mol. The van der Waals surface area contributed by atoms with E-state index in [0.29, 0.717) is 35.9 Å². The second kappa shape index (κ2) is 15.2. The van der Waals surface area contributed by atoms with E-state index < -0.39 is 52.6 Å². The molecule has 288 valence electrons. The van der Waals surface area contributed by atoms with Crippen LogP contribution in [0.15, 0.2) is 18.2 Å². The van der Waals surface area contributed by atoms with Crippen molar-refractivity contribution in [3.05, 3.63) is 34.4 Å². The Hall–Kier alpha value is -3.64. The van der Waals surface area contributed by atoms with Crippen LogP contribution in [0.3, 0.4) is 0 Å². The molecule has 1 spiro atoms. The Morgan fingerprint density at radius 3 is 2.40 bits per heavy atom. The number of hydrogen-bond acceptors (Lipinski definition) is 8. The number of carbonyl (C=O) groups is 5. The zero-order chi connectivity index (χ0) is 37.5. The molecule has 4 N–H and O–H groups in total. The number of ketones is 1. The lowest BCUT2D eigenvalue weighted by molar-refractivity contribution is -0.145. The van der Waals surface area contributed by atoms with Gasteiger partial charge in [0.25, 0.3) is 5.91 Å². The molecule has 1 unspecified atom stereocenters. The largest absolute Gasteiger partial charge is 0.491 e. The highest BCUT2D eigenvalue weighted by molar-refractivity contribution is 6.38. The van der Waals surface area contributed by atoms with Gasteiger partial charge in [-0.15, -0.1) is 0 Å². The maximum absolute atomic E-state index is 14.8. The van der Waals surface area contributed by atoms with E-state index in [0.717, 1.165) is 75.3 Å². The van der Waals surface area contributed by atoms with Crippen LogP contribution in [0.1, 0.15) is 115 Å². The smallest absolute Gasteiger partial charge is 0.289 e. The number of rotatable bonds is 12. The first-order chi connectivity index (χ1) is 25.3. The fraction of sp³-hybridized carbons (Fsp3) is 0.675. The molecule has 1 aromatic rings. The third kappa shape index (κ3) is 8.53. The molecule has 0 radical (unpaired) electrons. The van der Waals surface area contributed by atoms with Crippen LogP contribution in [0.2, 0.25) is 5.02 Å². The van der Waals surface area contributed by atoms with Gasteiger partial charge in [0.1, 0.15) is 23.4 Å². The van der Waals surface area contributed by atoms with Crippen LogP contribution in [0.5, 0.6) is 5.75 Å². The zero-order valence-corrected chi connectivity index (χ0v) is 31.9. The Kier molecular flexibility index (Phi) is 10.8. The minimum absolute atomic E-state index is 0.00181. The van der Waals surface area contributed by atoms with Gasteiger partial charge in [-0.25, -0.2) is 0 Å². The molecule has 1 saturated heterocycles. The van der Waals surface area contributed by atoms with Gasteiger partial charge >= 0.3 is 0 Å². The monoisotopic (exact) mass is 751 g/mol. The quantitative estimate of drug-likeness (QED) is 0.228. The number of fused-ring (bicyclic) bond motifs is 1. The first-order valence-electron chi connectivity index (χ1n) is 19.7. The molecule has 3 heterocycles. The topological polar surface area (TPSA) is 155 Å². The lowest BCUT2D eigenvalue weighted by Gasteiger charge is -2.36. The molecular formula is C40H54ClN5O7. The van der Waals surface area contributed by atoms with E-state index in [4.69, 9.17) is 21.2 Å². The molecule has 3 aliphatic heterocycles. The molecule has 4 amide bonds. The molecule has 12 nitrogen and oxygen atoms in total. The maximum atomic E-state index is 14.8. The normalized spacial score (nSPS) is 25.4. The predicted octanol–water partition coefficient (Wildman–Crippen LogP) is 4.51. The molecule has 3 saturated carbocycles. The molecular weight excluding hydrogens is 698 g/mol.